The van der Waals surface area contributed by atoms with E-state index in [0.717, 1.165) is 77.0 Å². The number of hydrogen-bond acceptors (Lipinski definition) is 2. The van der Waals surface area contributed by atoms with E-state index in [1.165, 1.54) is 102 Å². The lowest BCUT2D eigenvalue weighted by Crippen LogP contribution is -2.49. The van der Waals surface area contributed by atoms with E-state index in [1.54, 1.807) is 0 Å². The van der Waals surface area contributed by atoms with Gasteiger partial charge < -0.3 is 10.2 Å². The molecule has 3 aliphatic carbocycles. The summed E-state index contributed by atoms with van der Waals surface area (Å²) in [7, 11) is 0. The molecule has 0 atom stereocenters. The topological polar surface area (TPSA) is 74.6 Å². The Morgan fingerprint density at radius 1 is 0.436 bits per heavy atom. The first-order valence-corrected chi connectivity index (χ1v) is 17.2. The van der Waals surface area contributed by atoms with Crippen LogP contribution in [0.5, 0.6) is 0 Å². The molecule has 39 heavy (non-hydrogen) atoms. The van der Waals surface area contributed by atoms with Crippen molar-refractivity contribution in [3.05, 3.63) is 11.6 Å². The molecule has 0 bridgehead atoms. The third-order valence-corrected chi connectivity index (χ3v) is 10.8. The molecule has 0 amide bonds. The van der Waals surface area contributed by atoms with Gasteiger partial charge in [-0.05, 0) is 56.3 Å². The fraction of sp³-hybridized carbons (Fsp3) is 0.886. The van der Waals surface area contributed by atoms with Gasteiger partial charge in [-0.2, -0.15) is 0 Å². The molecule has 3 saturated carbocycles. The van der Waals surface area contributed by atoms with Crippen molar-refractivity contribution in [2.45, 2.75) is 173 Å². The van der Waals surface area contributed by atoms with E-state index < -0.39 is 17.4 Å². The van der Waals surface area contributed by atoms with E-state index in [9.17, 15) is 19.8 Å². The molecule has 224 valence electrons. The van der Waals surface area contributed by atoms with Gasteiger partial charge >= 0.3 is 11.9 Å². The quantitative estimate of drug-likeness (QED) is 0.326. The van der Waals surface area contributed by atoms with Gasteiger partial charge in [0, 0.05) is 11.5 Å². The summed E-state index contributed by atoms with van der Waals surface area (Å²) in [5.74, 6) is -1.20. The van der Waals surface area contributed by atoms with Crippen LogP contribution in [-0.4, -0.2) is 22.2 Å². The first kappa shape index (κ1) is 32.2. The highest BCUT2D eigenvalue weighted by Gasteiger charge is 2.53. The van der Waals surface area contributed by atoms with E-state index in [-0.39, 0.29) is 23.3 Å². The average Bonchev–Trinajstić information content (AvgIpc) is 2.93. The summed E-state index contributed by atoms with van der Waals surface area (Å²) in [4.78, 5) is 25.6. The standard InChI is InChI=1S/C35H60O4/c36-33(37)28-32(34(38)39)35(29-22-16-10-4-1-5-11-17-23-29,30-24-18-12-6-2-7-13-19-25-30)31-26-20-14-8-3-9-15-21-27-31/h28-31H,1-27H2,(H,36,37)(H,38,39). The first-order chi connectivity index (χ1) is 19.1. The van der Waals surface area contributed by atoms with Crippen LogP contribution in [0.15, 0.2) is 11.6 Å². The third kappa shape index (κ3) is 9.92. The molecule has 0 aromatic heterocycles. The van der Waals surface area contributed by atoms with E-state index in [4.69, 9.17) is 0 Å². The van der Waals surface area contributed by atoms with Gasteiger partial charge in [0.2, 0.25) is 0 Å². The van der Waals surface area contributed by atoms with E-state index in [0.29, 0.717) is 0 Å². The highest BCUT2D eigenvalue weighted by Crippen LogP contribution is 2.58. The predicted molar refractivity (Wildman–Crippen MR) is 161 cm³/mol. The van der Waals surface area contributed by atoms with Crippen LogP contribution in [-0.2, 0) is 9.59 Å². The molecule has 0 unspecified atom stereocenters. The maximum atomic E-state index is 13.3. The van der Waals surface area contributed by atoms with Crippen LogP contribution in [0.4, 0.5) is 0 Å². The van der Waals surface area contributed by atoms with Gasteiger partial charge in [0.25, 0.3) is 0 Å². The fourth-order valence-electron chi connectivity index (χ4n) is 9.02. The van der Waals surface area contributed by atoms with Crippen LogP contribution in [0.3, 0.4) is 0 Å². The summed E-state index contributed by atoms with van der Waals surface area (Å²) in [6.07, 6.45) is 33.6. The molecular formula is C35H60O4. The molecule has 0 saturated heterocycles. The molecular weight excluding hydrogens is 484 g/mol. The van der Waals surface area contributed by atoms with Crippen molar-refractivity contribution in [3.8, 4) is 0 Å². The van der Waals surface area contributed by atoms with Gasteiger partial charge in [-0.25, -0.2) is 9.59 Å². The maximum Gasteiger partial charge on any atom is 0.332 e. The minimum absolute atomic E-state index is 0.276. The summed E-state index contributed by atoms with van der Waals surface area (Å²) in [6, 6.07) is 0. The lowest BCUT2D eigenvalue weighted by Gasteiger charge is -2.53. The van der Waals surface area contributed by atoms with Gasteiger partial charge in [-0.1, -0.05) is 135 Å². The average molecular weight is 545 g/mol. The van der Waals surface area contributed by atoms with Crippen molar-refractivity contribution in [3.63, 3.8) is 0 Å². The van der Waals surface area contributed by atoms with E-state index >= 15 is 0 Å². The highest BCUT2D eigenvalue weighted by atomic mass is 16.4. The Labute approximate surface area is 239 Å². The molecule has 0 spiro atoms. The number of aliphatic carboxylic acids is 2. The van der Waals surface area contributed by atoms with Crippen molar-refractivity contribution < 1.29 is 19.8 Å². The van der Waals surface area contributed by atoms with Gasteiger partial charge in [0.15, 0.2) is 0 Å². The number of carbonyl (C=O) groups is 2. The highest BCUT2D eigenvalue weighted by molar-refractivity contribution is 5.96. The van der Waals surface area contributed by atoms with Crippen LogP contribution in [0.1, 0.15) is 173 Å². The zero-order valence-corrected chi connectivity index (χ0v) is 25.1. The second kappa shape index (κ2) is 18.2. The van der Waals surface area contributed by atoms with Gasteiger partial charge in [0.05, 0.1) is 5.57 Å². The Morgan fingerprint density at radius 3 is 0.872 bits per heavy atom. The molecule has 0 aliphatic heterocycles. The molecule has 3 aliphatic rings. The van der Waals surface area contributed by atoms with Crippen LogP contribution >= 0.6 is 0 Å². The van der Waals surface area contributed by atoms with Gasteiger partial charge in [-0.15, -0.1) is 0 Å². The molecule has 3 rings (SSSR count). The molecule has 2 N–H and O–H groups in total. The van der Waals surface area contributed by atoms with Crippen LogP contribution in [0.2, 0.25) is 0 Å². The largest absolute Gasteiger partial charge is 0.478 e. The van der Waals surface area contributed by atoms with Crippen molar-refractivity contribution in [1.29, 1.82) is 0 Å². The number of rotatable bonds is 6. The Balaban J connectivity index is 2.18. The minimum atomic E-state index is -1.07. The smallest absolute Gasteiger partial charge is 0.332 e. The van der Waals surface area contributed by atoms with Crippen molar-refractivity contribution >= 4 is 11.9 Å². The van der Waals surface area contributed by atoms with Crippen LogP contribution in [0.25, 0.3) is 0 Å². The van der Waals surface area contributed by atoms with E-state index in [2.05, 4.69) is 0 Å². The van der Waals surface area contributed by atoms with E-state index in [1.807, 2.05) is 0 Å². The molecule has 0 radical (unpaired) electrons. The first-order valence-electron chi connectivity index (χ1n) is 17.2. The Bertz CT molecular complexity index is 646. The lowest BCUT2D eigenvalue weighted by atomic mass is 9.50. The predicted octanol–water partition coefficient (Wildman–Crippen LogP) is 10.5. The van der Waals surface area contributed by atoms with Crippen molar-refractivity contribution in [2.75, 3.05) is 0 Å². The molecule has 0 heterocycles. The SMILES string of the molecule is O=C(O)C=C(C(=O)O)C(C1CCCCCCCCC1)(C1CCCCCCCCC1)C1CCCCCCCCC1. The molecule has 3 fully saturated rings. The normalized spacial score (nSPS) is 24.5. The van der Waals surface area contributed by atoms with Crippen molar-refractivity contribution in [2.24, 2.45) is 23.2 Å². The van der Waals surface area contributed by atoms with Gasteiger partial charge in [0.1, 0.15) is 0 Å². The zero-order chi connectivity index (χ0) is 27.8. The number of carboxylic acid groups (broad SMARTS) is 2. The Hall–Kier alpha value is -1.32. The summed E-state index contributed by atoms with van der Waals surface area (Å²) >= 11 is 0. The summed E-state index contributed by atoms with van der Waals surface area (Å²) in [5.41, 5.74) is -0.247. The summed E-state index contributed by atoms with van der Waals surface area (Å²) < 4.78 is 0. The molecule has 0 aromatic carbocycles. The van der Waals surface area contributed by atoms with Crippen molar-refractivity contribution in [1.82, 2.24) is 0 Å². The summed E-state index contributed by atoms with van der Waals surface area (Å²) in [5, 5.41) is 21.0. The van der Waals surface area contributed by atoms with Crippen LogP contribution < -0.4 is 0 Å². The zero-order valence-electron chi connectivity index (χ0n) is 25.1. The van der Waals surface area contributed by atoms with Crippen LogP contribution in [0, 0.1) is 23.2 Å². The monoisotopic (exact) mass is 544 g/mol. The second-order valence-corrected chi connectivity index (χ2v) is 13.4. The van der Waals surface area contributed by atoms with Gasteiger partial charge in [-0.3, -0.25) is 0 Å². The number of carboxylic acids is 2. The Morgan fingerprint density at radius 2 is 0.667 bits per heavy atom. The molecule has 4 nitrogen and oxygen atoms in total. The molecule has 0 aromatic rings. The third-order valence-electron chi connectivity index (χ3n) is 10.8. The fourth-order valence-corrected chi connectivity index (χ4v) is 9.02. The summed E-state index contributed by atoms with van der Waals surface area (Å²) in [6.45, 7) is 0. The Kier molecular flexibility index (Phi) is 15.0. The second-order valence-electron chi connectivity index (χ2n) is 13.4. The molecule has 4 heteroatoms. The minimum Gasteiger partial charge on any atom is -0.478 e. The maximum absolute atomic E-state index is 13.3. The lowest BCUT2D eigenvalue weighted by molar-refractivity contribution is -0.139. The number of hydrogen-bond donors (Lipinski definition) is 2.